The topological polar surface area (TPSA) is 9.23 Å². The summed E-state index contributed by atoms with van der Waals surface area (Å²) in [5.74, 6) is -4.71. The molecular formula is C39H38F8O. The molecule has 0 bridgehead atoms. The summed E-state index contributed by atoms with van der Waals surface area (Å²) in [6.45, 7) is 1.43. The predicted molar refractivity (Wildman–Crippen MR) is 171 cm³/mol. The fourth-order valence-corrected chi connectivity index (χ4v) is 6.64. The van der Waals surface area contributed by atoms with Gasteiger partial charge in [-0.2, -0.15) is 8.78 Å². The molecule has 9 heteroatoms. The van der Waals surface area contributed by atoms with Gasteiger partial charge in [-0.05, 0) is 110 Å². The normalized spacial score (nSPS) is 16.7. The highest BCUT2D eigenvalue weighted by molar-refractivity contribution is 5.72. The monoisotopic (exact) mass is 674 g/mol. The van der Waals surface area contributed by atoms with Gasteiger partial charge in [0.2, 0.25) is 0 Å². The maximum Gasteiger partial charge on any atom is 0.429 e. The Hall–Kier alpha value is -3.88. The standard InChI is InChI=1S/C39H38F8O/c1-2-3-4-6-24-8-10-25(11-9-24)26-13-17-33(38(45)19-26)39(46,47)48-29-14-16-30(37(44)23-29)27-12-15-31(34(41)20-27)28-21-35(42)32(7-5-18-40)36(43)22-28/h12-17,19-25H,2-11,18H2,1H3. The van der Waals surface area contributed by atoms with Crippen molar-refractivity contribution < 1.29 is 39.9 Å². The molecule has 48 heavy (non-hydrogen) atoms. The summed E-state index contributed by atoms with van der Waals surface area (Å²) in [5, 5.41) is 0. The number of hydrogen-bond donors (Lipinski definition) is 0. The lowest BCUT2D eigenvalue weighted by molar-refractivity contribution is -0.187. The molecule has 0 spiro atoms. The van der Waals surface area contributed by atoms with Crippen molar-refractivity contribution in [1.29, 1.82) is 0 Å². The fourth-order valence-electron chi connectivity index (χ4n) is 6.64. The molecule has 0 N–H and O–H groups in total. The zero-order chi connectivity index (χ0) is 34.4. The van der Waals surface area contributed by atoms with E-state index in [1.807, 2.05) is 0 Å². The summed E-state index contributed by atoms with van der Waals surface area (Å²) in [6, 6.07) is 11.9. The molecule has 1 nitrogen and oxygen atoms in total. The highest BCUT2D eigenvalue weighted by Gasteiger charge is 2.38. The van der Waals surface area contributed by atoms with E-state index >= 15 is 22.0 Å². The molecule has 1 saturated carbocycles. The Bertz CT molecular complexity index is 1690. The number of ether oxygens (including phenoxy) is 1. The Morgan fingerprint density at radius 3 is 1.94 bits per heavy atom. The van der Waals surface area contributed by atoms with Gasteiger partial charge in [-0.25, -0.2) is 22.0 Å². The minimum atomic E-state index is -4.10. The average Bonchev–Trinajstić information content (AvgIpc) is 3.04. The molecule has 256 valence electrons. The molecule has 0 atom stereocenters. The minimum absolute atomic E-state index is 0.0317. The first kappa shape index (κ1) is 35.4. The zero-order valence-electron chi connectivity index (χ0n) is 26.7. The van der Waals surface area contributed by atoms with Crippen LogP contribution >= 0.6 is 0 Å². The first-order valence-corrected chi connectivity index (χ1v) is 16.5. The van der Waals surface area contributed by atoms with Gasteiger partial charge >= 0.3 is 6.11 Å². The number of benzene rings is 4. The van der Waals surface area contributed by atoms with Crippen molar-refractivity contribution in [2.45, 2.75) is 83.2 Å². The summed E-state index contributed by atoms with van der Waals surface area (Å²) in [7, 11) is 0. The van der Waals surface area contributed by atoms with Crippen molar-refractivity contribution in [1.82, 2.24) is 0 Å². The van der Waals surface area contributed by atoms with Crippen LogP contribution in [0.4, 0.5) is 35.1 Å². The van der Waals surface area contributed by atoms with Crippen LogP contribution < -0.4 is 4.74 Å². The number of alkyl halides is 3. The number of hydrogen-bond acceptors (Lipinski definition) is 1. The highest BCUT2D eigenvalue weighted by Crippen LogP contribution is 2.41. The molecule has 1 aliphatic rings. The van der Waals surface area contributed by atoms with Gasteiger partial charge in [0.05, 0.1) is 12.2 Å². The smallest absolute Gasteiger partial charge is 0.429 e. The van der Waals surface area contributed by atoms with Gasteiger partial charge in [-0.3, -0.25) is 4.39 Å². The number of halogens is 8. The van der Waals surface area contributed by atoms with E-state index in [0.29, 0.717) is 17.5 Å². The van der Waals surface area contributed by atoms with E-state index in [9.17, 15) is 13.2 Å². The summed E-state index contributed by atoms with van der Waals surface area (Å²) in [6.07, 6.45) is 4.29. The van der Waals surface area contributed by atoms with Crippen LogP contribution in [0, 0.1) is 35.0 Å². The van der Waals surface area contributed by atoms with Crippen molar-refractivity contribution >= 4 is 0 Å². The lowest BCUT2D eigenvalue weighted by Gasteiger charge is -2.29. The first-order valence-electron chi connectivity index (χ1n) is 16.5. The molecule has 1 aliphatic carbocycles. The van der Waals surface area contributed by atoms with Crippen LogP contribution in [0.5, 0.6) is 5.75 Å². The van der Waals surface area contributed by atoms with Gasteiger partial charge in [0, 0.05) is 22.8 Å². The quantitative estimate of drug-likeness (QED) is 0.101. The van der Waals surface area contributed by atoms with Crippen LogP contribution in [0.1, 0.15) is 87.3 Å². The van der Waals surface area contributed by atoms with E-state index in [2.05, 4.69) is 6.92 Å². The van der Waals surface area contributed by atoms with E-state index in [1.54, 1.807) is 0 Å². The zero-order valence-corrected chi connectivity index (χ0v) is 26.7. The van der Waals surface area contributed by atoms with Gasteiger partial charge in [0.1, 0.15) is 34.8 Å². The van der Waals surface area contributed by atoms with E-state index < -0.39 is 53.2 Å². The molecule has 0 saturated heterocycles. The van der Waals surface area contributed by atoms with Crippen LogP contribution in [0.25, 0.3) is 22.3 Å². The van der Waals surface area contributed by atoms with Crippen molar-refractivity contribution in [2.24, 2.45) is 5.92 Å². The third-order valence-corrected chi connectivity index (χ3v) is 9.32. The molecule has 0 radical (unpaired) electrons. The average molecular weight is 675 g/mol. The summed E-state index contributed by atoms with van der Waals surface area (Å²) in [5.41, 5.74) is -0.964. The van der Waals surface area contributed by atoms with Crippen LogP contribution in [-0.2, 0) is 12.5 Å². The Kier molecular flexibility index (Phi) is 11.5. The van der Waals surface area contributed by atoms with Crippen molar-refractivity contribution in [3.63, 3.8) is 0 Å². The van der Waals surface area contributed by atoms with E-state index in [0.717, 1.165) is 68.1 Å². The van der Waals surface area contributed by atoms with Gasteiger partial charge in [-0.1, -0.05) is 50.8 Å². The molecule has 0 aromatic heterocycles. The minimum Gasteiger partial charge on any atom is -0.429 e. The van der Waals surface area contributed by atoms with E-state index in [-0.39, 0.29) is 46.6 Å². The van der Waals surface area contributed by atoms with Gasteiger partial charge in [0.25, 0.3) is 0 Å². The molecule has 0 unspecified atom stereocenters. The van der Waals surface area contributed by atoms with E-state index in [4.69, 9.17) is 4.74 Å². The van der Waals surface area contributed by atoms with Gasteiger partial charge < -0.3 is 4.74 Å². The third-order valence-electron chi connectivity index (χ3n) is 9.32. The second-order valence-electron chi connectivity index (χ2n) is 12.6. The van der Waals surface area contributed by atoms with Crippen LogP contribution in [-0.4, -0.2) is 6.67 Å². The van der Waals surface area contributed by atoms with Crippen LogP contribution in [0.2, 0.25) is 0 Å². The summed E-state index contributed by atoms with van der Waals surface area (Å²) < 4.78 is 122. The maximum absolute atomic E-state index is 15.1. The van der Waals surface area contributed by atoms with Crippen molar-refractivity contribution in [3.8, 4) is 28.0 Å². The Labute approximate surface area is 276 Å². The molecule has 0 aliphatic heterocycles. The molecule has 0 amide bonds. The molecule has 0 heterocycles. The van der Waals surface area contributed by atoms with Gasteiger partial charge in [0.15, 0.2) is 0 Å². The molecule has 4 aromatic rings. The maximum atomic E-state index is 15.1. The molecule has 5 rings (SSSR count). The SMILES string of the molecule is CCCCCC1CCC(c2ccc(C(F)(F)Oc3ccc(-c4ccc(-c5cc(F)c(CCCF)c(F)c5)c(F)c4)c(F)c3)c(F)c2)CC1. The van der Waals surface area contributed by atoms with Gasteiger partial charge in [-0.15, -0.1) is 0 Å². The molecule has 1 fully saturated rings. The molecular weight excluding hydrogens is 636 g/mol. The molecule has 4 aromatic carbocycles. The van der Waals surface area contributed by atoms with Crippen molar-refractivity contribution in [2.75, 3.05) is 6.67 Å². The first-order chi connectivity index (χ1) is 23.0. The predicted octanol–water partition coefficient (Wildman–Crippen LogP) is 12.6. The third kappa shape index (κ3) is 8.21. The summed E-state index contributed by atoms with van der Waals surface area (Å²) >= 11 is 0. The van der Waals surface area contributed by atoms with Crippen LogP contribution in [0.3, 0.4) is 0 Å². The lowest BCUT2D eigenvalue weighted by atomic mass is 9.77. The Morgan fingerprint density at radius 1 is 0.667 bits per heavy atom. The Balaban J connectivity index is 1.27. The largest absolute Gasteiger partial charge is 0.429 e. The Morgan fingerprint density at radius 2 is 1.31 bits per heavy atom. The summed E-state index contributed by atoms with van der Waals surface area (Å²) in [4.78, 5) is 0. The van der Waals surface area contributed by atoms with Crippen LogP contribution in [0.15, 0.2) is 66.7 Å². The van der Waals surface area contributed by atoms with E-state index in [1.165, 1.54) is 43.9 Å². The number of rotatable bonds is 13. The fraction of sp³-hybridized carbons (Fsp3) is 0.385. The lowest BCUT2D eigenvalue weighted by Crippen LogP contribution is -2.24. The second kappa shape index (κ2) is 15.6. The number of unbranched alkanes of at least 4 members (excludes halogenated alkanes) is 2. The van der Waals surface area contributed by atoms with Crippen molar-refractivity contribution in [3.05, 3.63) is 113 Å². The second-order valence-corrected chi connectivity index (χ2v) is 12.6. The highest BCUT2D eigenvalue weighted by atomic mass is 19.3.